The average Bonchev–Trinajstić information content (AvgIpc) is 2.89. The fraction of sp³-hybridized carbons (Fsp3) is 0.0714. The van der Waals surface area contributed by atoms with Crippen LogP contribution in [0.5, 0.6) is 11.6 Å². The molecule has 1 aromatic carbocycles. The first-order valence-electron chi connectivity index (χ1n) is 6.03. The van der Waals surface area contributed by atoms with Crippen LogP contribution < -0.4 is 10.5 Å². The van der Waals surface area contributed by atoms with E-state index in [1.165, 1.54) is 19.6 Å². The fourth-order valence-corrected chi connectivity index (χ4v) is 1.87. The number of anilines is 1. The number of carbonyl (C=O) groups excluding carboxylic acids is 1. The van der Waals surface area contributed by atoms with Crippen molar-refractivity contribution in [3.63, 3.8) is 0 Å². The number of furan rings is 1. The Hall–Kier alpha value is -3.09. The maximum Gasteiger partial charge on any atom is 0.341 e. The SMILES string of the molecule is COC(=O)c1coc2cc(Oc3ccnc(N)n3)ccc12. The number of rotatable bonds is 3. The predicted octanol–water partition coefficient (Wildman–Crippen LogP) is 2.38. The predicted molar refractivity (Wildman–Crippen MR) is 74.1 cm³/mol. The van der Waals surface area contributed by atoms with Gasteiger partial charge >= 0.3 is 5.97 Å². The Morgan fingerprint density at radius 3 is 2.95 bits per heavy atom. The Morgan fingerprint density at radius 2 is 2.19 bits per heavy atom. The molecule has 0 fully saturated rings. The molecule has 7 heteroatoms. The van der Waals surface area contributed by atoms with Gasteiger partial charge in [-0.15, -0.1) is 0 Å². The molecule has 0 bridgehead atoms. The van der Waals surface area contributed by atoms with E-state index >= 15 is 0 Å². The highest BCUT2D eigenvalue weighted by molar-refractivity contribution is 6.03. The number of methoxy groups -OCH3 is 1. The number of carbonyl (C=O) groups is 1. The third-order valence-corrected chi connectivity index (χ3v) is 2.82. The standard InChI is InChI=1S/C14H11N3O4/c1-19-13(18)10-7-20-11-6-8(2-3-9(10)11)21-12-4-5-16-14(15)17-12/h2-7H,1H3,(H2,15,16,17). The molecular formula is C14H11N3O4. The maximum atomic E-state index is 11.6. The van der Waals surface area contributed by atoms with E-state index in [2.05, 4.69) is 14.7 Å². The first-order valence-corrected chi connectivity index (χ1v) is 6.03. The van der Waals surface area contributed by atoms with Crippen LogP contribution in [0.25, 0.3) is 11.0 Å². The van der Waals surface area contributed by atoms with E-state index < -0.39 is 5.97 Å². The highest BCUT2D eigenvalue weighted by atomic mass is 16.5. The van der Waals surface area contributed by atoms with Crippen LogP contribution in [-0.4, -0.2) is 23.0 Å². The smallest absolute Gasteiger partial charge is 0.341 e. The summed E-state index contributed by atoms with van der Waals surface area (Å²) in [5.74, 6) is 0.499. The van der Waals surface area contributed by atoms with Gasteiger partial charge in [-0.1, -0.05) is 0 Å². The topological polar surface area (TPSA) is 100 Å². The average molecular weight is 285 g/mol. The van der Waals surface area contributed by atoms with Crippen molar-refractivity contribution >= 4 is 22.9 Å². The lowest BCUT2D eigenvalue weighted by Crippen LogP contribution is -1.99. The minimum absolute atomic E-state index is 0.125. The number of nitrogens with zero attached hydrogens (tertiary/aromatic N) is 2. The lowest BCUT2D eigenvalue weighted by atomic mass is 10.2. The molecule has 0 aliphatic heterocycles. The molecule has 2 heterocycles. The van der Waals surface area contributed by atoms with Gasteiger partial charge in [-0.05, 0) is 12.1 Å². The second-order valence-corrected chi connectivity index (χ2v) is 4.15. The largest absolute Gasteiger partial charge is 0.465 e. The van der Waals surface area contributed by atoms with Crippen LogP contribution in [-0.2, 0) is 4.74 Å². The van der Waals surface area contributed by atoms with Crippen LogP contribution in [0.1, 0.15) is 10.4 Å². The summed E-state index contributed by atoms with van der Waals surface area (Å²) in [6, 6.07) is 6.65. The number of hydrogen-bond donors (Lipinski definition) is 1. The summed E-state index contributed by atoms with van der Waals surface area (Å²) in [6.45, 7) is 0. The van der Waals surface area contributed by atoms with Gasteiger partial charge in [0.1, 0.15) is 23.2 Å². The highest BCUT2D eigenvalue weighted by Crippen LogP contribution is 2.28. The van der Waals surface area contributed by atoms with Crippen molar-refractivity contribution in [3.8, 4) is 11.6 Å². The fourth-order valence-electron chi connectivity index (χ4n) is 1.87. The molecule has 0 saturated heterocycles. The van der Waals surface area contributed by atoms with Crippen molar-refractivity contribution in [1.29, 1.82) is 0 Å². The quantitative estimate of drug-likeness (QED) is 0.737. The zero-order valence-electron chi connectivity index (χ0n) is 11.1. The summed E-state index contributed by atoms with van der Waals surface area (Å²) in [4.78, 5) is 19.3. The first kappa shape index (κ1) is 12.9. The molecule has 7 nitrogen and oxygen atoms in total. The molecular weight excluding hydrogens is 274 g/mol. The molecule has 0 radical (unpaired) electrons. The Labute approximate surface area is 119 Å². The van der Waals surface area contributed by atoms with Gasteiger partial charge in [0.05, 0.1) is 7.11 Å². The number of esters is 1. The molecule has 0 aliphatic rings. The van der Waals surface area contributed by atoms with Gasteiger partial charge in [0, 0.05) is 23.7 Å². The Bertz CT molecular complexity index is 813. The summed E-state index contributed by atoms with van der Waals surface area (Å²) in [7, 11) is 1.32. The summed E-state index contributed by atoms with van der Waals surface area (Å²) in [6.07, 6.45) is 2.85. The molecule has 21 heavy (non-hydrogen) atoms. The van der Waals surface area contributed by atoms with Crippen LogP contribution in [0.3, 0.4) is 0 Å². The Morgan fingerprint density at radius 1 is 1.33 bits per heavy atom. The van der Waals surface area contributed by atoms with Gasteiger partial charge in [-0.2, -0.15) is 4.98 Å². The molecule has 0 unspecified atom stereocenters. The van der Waals surface area contributed by atoms with Gasteiger partial charge in [0.2, 0.25) is 11.8 Å². The summed E-state index contributed by atoms with van der Waals surface area (Å²) >= 11 is 0. The third kappa shape index (κ3) is 2.48. The van der Waals surface area contributed by atoms with Crippen molar-refractivity contribution in [2.45, 2.75) is 0 Å². The van der Waals surface area contributed by atoms with Gasteiger partial charge in [-0.25, -0.2) is 9.78 Å². The molecule has 106 valence electrons. The Kier molecular flexibility index (Phi) is 3.15. The molecule has 0 atom stereocenters. The van der Waals surface area contributed by atoms with Gasteiger partial charge < -0.3 is 19.6 Å². The molecule has 0 aliphatic carbocycles. The van der Waals surface area contributed by atoms with E-state index in [9.17, 15) is 4.79 Å². The molecule has 2 N–H and O–H groups in total. The van der Waals surface area contributed by atoms with Crippen LogP contribution in [0.2, 0.25) is 0 Å². The number of ether oxygens (including phenoxy) is 2. The van der Waals surface area contributed by atoms with Crippen molar-refractivity contribution < 1.29 is 18.7 Å². The normalized spacial score (nSPS) is 10.5. The van der Waals surface area contributed by atoms with E-state index in [0.717, 1.165) is 0 Å². The monoisotopic (exact) mass is 285 g/mol. The second kappa shape index (κ2) is 5.12. The minimum atomic E-state index is -0.453. The summed E-state index contributed by atoms with van der Waals surface area (Å²) in [5.41, 5.74) is 6.36. The molecule has 0 amide bonds. The van der Waals surface area contributed by atoms with Gasteiger partial charge in [-0.3, -0.25) is 0 Å². The van der Waals surface area contributed by atoms with Gasteiger partial charge in [0.25, 0.3) is 0 Å². The number of aromatic nitrogens is 2. The van der Waals surface area contributed by atoms with E-state index in [-0.39, 0.29) is 5.95 Å². The van der Waals surface area contributed by atoms with E-state index in [1.54, 1.807) is 24.3 Å². The Balaban J connectivity index is 1.93. The number of fused-ring (bicyclic) bond motifs is 1. The lowest BCUT2D eigenvalue weighted by molar-refractivity contribution is 0.0602. The van der Waals surface area contributed by atoms with E-state index in [1.807, 2.05) is 0 Å². The zero-order valence-corrected chi connectivity index (χ0v) is 11.1. The minimum Gasteiger partial charge on any atom is -0.465 e. The van der Waals surface area contributed by atoms with Crippen LogP contribution in [0.15, 0.2) is 41.1 Å². The zero-order chi connectivity index (χ0) is 14.8. The maximum absolute atomic E-state index is 11.6. The third-order valence-electron chi connectivity index (χ3n) is 2.82. The molecule has 2 aromatic heterocycles. The number of hydrogen-bond acceptors (Lipinski definition) is 7. The van der Waals surface area contributed by atoms with E-state index in [4.69, 9.17) is 14.9 Å². The second-order valence-electron chi connectivity index (χ2n) is 4.15. The number of benzene rings is 1. The highest BCUT2D eigenvalue weighted by Gasteiger charge is 2.14. The first-order chi connectivity index (χ1) is 10.2. The number of nitrogens with two attached hydrogens (primary N) is 1. The molecule has 3 aromatic rings. The number of nitrogen functional groups attached to an aromatic ring is 1. The lowest BCUT2D eigenvalue weighted by Gasteiger charge is -2.04. The summed E-state index contributed by atoms with van der Waals surface area (Å²) < 4.78 is 15.6. The van der Waals surface area contributed by atoms with Crippen molar-refractivity contribution in [3.05, 3.63) is 42.3 Å². The van der Waals surface area contributed by atoms with Crippen molar-refractivity contribution in [2.24, 2.45) is 0 Å². The molecule has 0 saturated carbocycles. The summed E-state index contributed by atoms with van der Waals surface area (Å²) in [5, 5.41) is 0.649. The van der Waals surface area contributed by atoms with Crippen molar-refractivity contribution in [2.75, 3.05) is 12.8 Å². The molecule has 0 spiro atoms. The molecule has 3 rings (SSSR count). The van der Waals surface area contributed by atoms with Crippen LogP contribution in [0.4, 0.5) is 5.95 Å². The van der Waals surface area contributed by atoms with Crippen LogP contribution in [0, 0.1) is 0 Å². The van der Waals surface area contributed by atoms with E-state index in [0.29, 0.717) is 28.2 Å². The van der Waals surface area contributed by atoms with Crippen LogP contribution >= 0.6 is 0 Å². The van der Waals surface area contributed by atoms with Crippen molar-refractivity contribution in [1.82, 2.24) is 9.97 Å². The van der Waals surface area contributed by atoms with Gasteiger partial charge in [0.15, 0.2) is 0 Å².